The third-order valence-electron chi connectivity index (χ3n) is 5.52. The fourth-order valence-electron chi connectivity index (χ4n) is 3.97. The zero-order chi connectivity index (χ0) is 16.7. The number of rotatable bonds is 4. The SMILES string of the molecule is CSc1nc(C(=O)N2CC[C@]3(CCCN(CC4CC4)C3=O)C2)cs1. The van der Waals surface area contributed by atoms with Crippen LogP contribution in [0.15, 0.2) is 9.72 Å². The molecule has 1 aromatic heterocycles. The highest BCUT2D eigenvalue weighted by Crippen LogP contribution is 2.42. The molecular formula is C17H23N3O2S2. The number of thioether (sulfide) groups is 1. The molecule has 5 nitrogen and oxygen atoms in total. The molecule has 1 spiro atoms. The lowest BCUT2D eigenvalue weighted by Crippen LogP contribution is -2.51. The van der Waals surface area contributed by atoms with Gasteiger partial charge in [-0.2, -0.15) is 0 Å². The molecule has 2 aliphatic heterocycles. The van der Waals surface area contributed by atoms with E-state index in [1.165, 1.54) is 24.2 Å². The molecule has 130 valence electrons. The molecular weight excluding hydrogens is 342 g/mol. The zero-order valence-electron chi connectivity index (χ0n) is 14.0. The van der Waals surface area contributed by atoms with E-state index in [0.29, 0.717) is 24.7 Å². The van der Waals surface area contributed by atoms with E-state index in [-0.39, 0.29) is 11.3 Å². The Labute approximate surface area is 150 Å². The predicted octanol–water partition coefficient (Wildman–Crippen LogP) is 2.73. The van der Waals surface area contributed by atoms with Crippen LogP contribution >= 0.6 is 23.1 Å². The molecule has 24 heavy (non-hydrogen) atoms. The summed E-state index contributed by atoms with van der Waals surface area (Å²) in [6.45, 7) is 3.07. The van der Waals surface area contributed by atoms with Crippen molar-refractivity contribution < 1.29 is 9.59 Å². The quantitative estimate of drug-likeness (QED) is 0.770. The van der Waals surface area contributed by atoms with Gasteiger partial charge in [-0.05, 0) is 44.3 Å². The number of likely N-dealkylation sites (tertiary alicyclic amines) is 2. The maximum Gasteiger partial charge on any atom is 0.273 e. The summed E-state index contributed by atoms with van der Waals surface area (Å²) in [6, 6.07) is 0. The van der Waals surface area contributed by atoms with Crippen LogP contribution in [0.3, 0.4) is 0 Å². The van der Waals surface area contributed by atoms with Crippen LogP contribution in [0.25, 0.3) is 0 Å². The van der Waals surface area contributed by atoms with Gasteiger partial charge in [0.05, 0.1) is 5.41 Å². The molecule has 3 aliphatic rings. The summed E-state index contributed by atoms with van der Waals surface area (Å²) in [5.74, 6) is 0.998. The van der Waals surface area contributed by atoms with E-state index < -0.39 is 0 Å². The van der Waals surface area contributed by atoms with Gasteiger partial charge < -0.3 is 9.80 Å². The van der Waals surface area contributed by atoms with Crippen LogP contribution in [0.5, 0.6) is 0 Å². The van der Waals surface area contributed by atoms with Crippen LogP contribution in [-0.2, 0) is 4.79 Å². The van der Waals surface area contributed by atoms with Crippen LogP contribution in [0, 0.1) is 11.3 Å². The van der Waals surface area contributed by atoms with E-state index in [9.17, 15) is 9.59 Å². The fraction of sp³-hybridized carbons (Fsp3) is 0.706. The summed E-state index contributed by atoms with van der Waals surface area (Å²) in [5, 5.41) is 1.83. The normalized spacial score (nSPS) is 27.3. The van der Waals surface area contributed by atoms with E-state index in [0.717, 1.165) is 42.6 Å². The topological polar surface area (TPSA) is 53.5 Å². The molecule has 0 radical (unpaired) electrons. The molecule has 7 heteroatoms. The third kappa shape index (κ3) is 2.96. The third-order valence-corrected chi connectivity index (χ3v) is 7.38. The zero-order valence-corrected chi connectivity index (χ0v) is 15.6. The minimum Gasteiger partial charge on any atom is -0.342 e. The number of carbonyl (C=O) groups excluding carboxylic acids is 2. The van der Waals surface area contributed by atoms with Crippen molar-refractivity contribution in [3.8, 4) is 0 Å². The summed E-state index contributed by atoms with van der Waals surface area (Å²) in [6.07, 6.45) is 7.29. The van der Waals surface area contributed by atoms with Crippen LogP contribution in [0.4, 0.5) is 0 Å². The molecule has 2 saturated heterocycles. The van der Waals surface area contributed by atoms with E-state index >= 15 is 0 Å². The second-order valence-electron chi connectivity index (χ2n) is 7.26. The second kappa shape index (κ2) is 6.33. The first kappa shape index (κ1) is 16.4. The molecule has 2 amide bonds. The largest absolute Gasteiger partial charge is 0.342 e. The average molecular weight is 366 g/mol. The van der Waals surface area contributed by atoms with Gasteiger partial charge in [-0.25, -0.2) is 4.98 Å². The highest BCUT2D eigenvalue weighted by Gasteiger charge is 2.50. The van der Waals surface area contributed by atoms with Gasteiger partial charge in [0.2, 0.25) is 5.91 Å². The Morgan fingerprint density at radius 3 is 2.96 bits per heavy atom. The van der Waals surface area contributed by atoms with Crippen LogP contribution in [-0.4, -0.2) is 59.0 Å². The smallest absolute Gasteiger partial charge is 0.273 e. The van der Waals surface area contributed by atoms with Gasteiger partial charge in [-0.15, -0.1) is 11.3 Å². The summed E-state index contributed by atoms with van der Waals surface area (Å²) < 4.78 is 0.914. The Morgan fingerprint density at radius 2 is 2.25 bits per heavy atom. The first-order valence-corrected chi connectivity index (χ1v) is 10.8. The molecule has 1 aliphatic carbocycles. The van der Waals surface area contributed by atoms with Gasteiger partial charge >= 0.3 is 0 Å². The maximum atomic E-state index is 13.0. The van der Waals surface area contributed by atoms with Gasteiger partial charge in [0.25, 0.3) is 5.91 Å². The lowest BCUT2D eigenvalue weighted by Gasteiger charge is -2.39. The van der Waals surface area contributed by atoms with Crippen molar-refractivity contribution in [2.45, 2.75) is 36.4 Å². The number of aromatic nitrogens is 1. The monoisotopic (exact) mass is 365 g/mol. The summed E-state index contributed by atoms with van der Waals surface area (Å²) in [7, 11) is 0. The lowest BCUT2D eigenvalue weighted by molar-refractivity contribution is -0.145. The van der Waals surface area contributed by atoms with Gasteiger partial charge in [0.15, 0.2) is 0 Å². The number of carbonyl (C=O) groups is 2. The Bertz CT molecular complexity index is 658. The van der Waals surface area contributed by atoms with Crippen molar-refractivity contribution in [3.63, 3.8) is 0 Å². The Hall–Kier alpha value is -1.08. The van der Waals surface area contributed by atoms with Crippen molar-refractivity contribution in [2.24, 2.45) is 11.3 Å². The molecule has 0 unspecified atom stereocenters. The number of amides is 2. The number of hydrogen-bond acceptors (Lipinski definition) is 5. The van der Waals surface area contributed by atoms with Crippen molar-refractivity contribution in [1.29, 1.82) is 0 Å². The van der Waals surface area contributed by atoms with Crippen LogP contribution in [0.1, 0.15) is 42.6 Å². The van der Waals surface area contributed by atoms with E-state index in [1.807, 2.05) is 16.5 Å². The Balaban J connectivity index is 1.46. The average Bonchev–Trinajstić information content (AvgIpc) is 3.12. The summed E-state index contributed by atoms with van der Waals surface area (Å²) >= 11 is 3.07. The predicted molar refractivity (Wildman–Crippen MR) is 95.4 cm³/mol. The van der Waals surface area contributed by atoms with Crippen LogP contribution in [0.2, 0.25) is 0 Å². The molecule has 4 rings (SSSR count). The molecule has 1 saturated carbocycles. The second-order valence-corrected chi connectivity index (χ2v) is 9.17. The molecule has 3 heterocycles. The maximum absolute atomic E-state index is 13.0. The van der Waals surface area contributed by atoms with E-state index in [4.69, 9.17) is 0 Å². The Kier molecular flexibility index (Phi) is 4.33. The van der Waals surface area contributed by atoms with E-state index in [1.54, 1.807) is 11.8 Å². The lowest BCUT2D eigenvalue weighted by atomic mass is 9.78. The Morgan fingerprint density at radius 1 is 1.42 bits per heavy atom. The molecule has 0 aromatic carbocycles. The minimum atomic E-state index is -0.332. The van der Waals surface area contributed by atoms with Gasteiger partial charge in [0, 0.05) is 31.6 Å². The van der Waals surface area contributed by atoms with Gasteiger partial charge in [-0.3, -0.25) is 9.59 Å². The number of piperidine rings is 1. The summed E-state index contributed by atoms with van der Waals surface area (Å²) in [5.41, 5.74) is 0.195. The molecule has 0 N–H and O–H groups in total. The molecule has 3 fully saturated rings. The van der Waals surface area contributed by atoms with Gasteiger partial charge in [0.1, 0.15) is 10.0 Å². The first-order chi connectivity index (χ1) is 11.6. The highest BCUT2D eigenvalue weighted by molar-refractivity contribution is 8.00. The van der Waals surface area contributed by atoms with Crippen molar-refractivity contribution in [2.75, 3.05) is 32.4 Å². The number of nitrogens with zero attached hydrogens (tertiary/aromatic N) is 3. The van der Waals surface area contributed by atoms with Crippen molar-refractivity contribution >= 4 is 34.9 Å². The number of hydrogen-bond donors (Lipinski definition) is 0. The summed E-state index contributed by atoms with van der Waals surface area (Å²) in [4.78, 5) is 34.1. The van der Waals surface area contributed by atoms with E-state index in [2.05, 4.69) is 9.88 Å². The van der Waals surface area contributed by atoms with Crippen molar-refractivity contribution in [3.05, 3.63) is 11.1 Å². The van der Waals surface area contributed by atoms with Crippen LogP contribution < -0.4 is 0 Å². The molecule has 0 bridgehead atoms. The number of thiazole rings is 1. The minimum absolute atomic E-state index is 0.0180. The fourth-order valence-corrected chi connectivity index (χ4v) is 5.21. The van der Waals surface area contributed by atoms with Crippen molar-refractivity contribution in [1.82, 2.24) is 14.8 Å². The first-order valence-electron chi connectivity index (χ1n) is 8.69. The highest BCUT2D eigenvalue weighted by atomic mass is 32.2. The standard InChI is InChI=1S/C17H23N3O2S2/c1-23-16-18-13(10-24-16)14(21)20-8-6-17(11-20)5-2-7-19(15(17)22)9-12-3-4-12/h10,12H,2-9,11H2,1H3/t17-/m1/s1. The van der Waals surface area contributed by atoms with Gasteiger partial charge in [-0.1, -0.05) is 11.8 Å². The molecule has 1 aromatic rings. The molecule has 1 atom stereocenters.